The maximum absolute atomic E-state index is 12.5. The van der Waals surface area contributed by atoms with Crippen LogP contribution in [0.3, 0.4) is 0 Å². The Morgan fingerprint density at radius 1 is 1.33 bits per heavy atom. The maximum atomic E-state index is 12.5. The van der Waals surface area contributed by atoms with Gasteiger partial charge >= 0.3 is 5.97 Å². The molecule has 18 heavy (non-hydrogen) atoms. The highest BCUT2D eigenvalue weighted by Crippen LogP contribution is 2.39. The van der Waals surface area contributed by atoms with Crippen molar-refractivity contribution in [2.24, 2.45) is 0 Å². The smallest absolute Gasteiger partial charge is 0.307 e. The number of methoxy groups -OCH3 is 1. The molecular formula is C14H12O4. The van der Waals surface area contributed by atoms with Crippen LogP contribution in [0.2, 0.25) is 0 Å². The van der Waals surface area contributed by atoms with Crippen LogP contribution in [-0.4, -0.2) is 24.5 Å². The number of esters is 1. The monoisotopic (exact) mass is 244 g/mol. The summed E-state index contributed by atoms with van der Waals surface area (Å²) in [6.07, 6.45) is 4.17. The van der Waals surface area contributed by atoms with Crippen LogP contribution in [0.25, 0.3) is 6.08 Å². The van der Waals surface area contributed by atoms with Crippen molar-refractivity contribution < 1.29 is 19.1 Å². The van der Waals surface area contributed by atoms with Gasteiger partial charge in [0.15, 0.2) is 5.60 Å². The predicted octanol–water partition coefficient (Wildman–Crippen LogP) is 1.98. The number of hydrogen-bond donors (Lipinski definition) is 0. The molecule has 92 valence electrons. The molecule has 1 heterocycles. The number of carbonyl (C=O) groups is 2. The molecule has 0 saturated carbocycles. The fraction of sp³-hybridized carbons (Fsp3) is 0.286. The van der Waals surface area contributed by atoms with Crippen molar-refractivity contribution in [3.63, 3.8) is 0 Å². The Hall–Kier alpha value is -2.10. The lowest BCUT2D eigenvalue weighted by molar-refractivity contribution is -0.143. The zero-order valence-corrected chi connectivity index (χ0v) is 9.93. The molecule has 1 aromatic carbocycles. The zero-order chi connectivity index (χ0) is 12.8. The van der Waals surface area contributed by atoms with Gasteiger partial charge in [-0.05, 0) is 12.1 Å². The largest absolute Gasteiger partial charge is 0.496 e. The molecular weight excluding hydrogens is 232 g/mol. The molecule has 1 aliphatic carbocycles. The molecule has 0 radical (unpaired) electrons. The number of ketones is 1. The third-order valence-electron chi connectivity index (χ3n) is 3.43. The summed E-state index contributed by atoms with van der Waals surface area (Å²) in [6, 6.07) is 5.30. The number of rotatable bonds is 1. The Morgan fingerprint density at radius 2 is 2.17 bits per heavy atom. The fourth-order valence-electron chi connectivity index (χ4n) is 2.48. The van der Waals surface area contributed by atoms with E-state index < -0.39 is 5.60 Å². The second kappa shape index (κ2) is 3.70. The Bertz CT molecular complexity index is 573. The summed E-state index contributed by atoms with van der Waals surface area (Å²) >= 11 is 0. The molecule has 0 bridgehead atoms. The number of ether oxygens (including phenoxy) is 2. The average molecular weight is 244 g/mol. The van der Waals surface area contributed by atoms with Crippen LogP contribution in [0.1, 0.15) is 28.8 Å². The molecule has 1 spiro atoms. The second-order valence-corrected chi connectivity index (χ2v) is 4.45. The molecule has 1 aliphatic heterocycles. The van der Waals surface area contributed by atoms with Crippen molar-refractivity contribution in [2.45, 2.75) is 18.4 Å². The predicted molar refractivity (Wildman–Crippen MR) is 64.4 cm³/mol. The number of carbonyl (C=O) groups excluding carboxylic acids is 2. The number of Topliss-reactive ketones (excluding diaryl/α,β-unsaturated/α-hetero) is 1. The van der Waals surface area contributed by atoms with Crippen molar-refractivity contribution in [3.8, 4) is 5.75 Å². The van der Waals surface area contributed by atoms with Gasteiger partial charge < -0.3 is 9.47 Å². The molecule has 2 aliphatic rings. The highest BCUT2D eigenvalue weighted by atomic mass is 16.6. The van der Waals surface area contributed by atoms with Crippen LogP contribution in [0, 0.1) is 0 Å². The summed E-state index contributed by atoms with van der Waals surface area (Å²) in [5.74, 6) is 0.167. The summed E-state index contributed by atoms with van der Waals surface area (Å²) in [5, 5.41) is 0. The summed E-state index contributed by atoms with van der Waals surface area (Å²) < 4.78 is 10.4. The Balaban J connectivity index is 2.11. The lowest BCUT2D eigenvalue weighted by Gasteiger charge is -2.27. The van der Waals surface area contributed by atoms with Gasteiger partial charge in [-0.3, -0.25) is 9.59 Å². The molecule has 0 amide bonds. The molecule has 0 aromatic heterocycles. The van der Waals surface area contributed by atoms with Gasteiger partial charge in [0.2, 0.25) is 5.78 Å². The topological polar surface area (TPSA) is 52.6 Å². The molecule has 1 aromatic rings. The van der Waals surface area contributed by atoms with Gasteiger partial charge in [0.1, 0.15) is 5.75 Å². The van der Waals surface area contributed by atoms with E-state index in [0.29, 0.717) is 17.7 Å². The Kier molecular flexibility index (Phi) is 2.26. The van der Waals surface area contributed by atoms with Gasteiger partial charge in [-0.2, -0.15) is 0 Å². The van der Waals surface area contributed by atoms with E-state index in [1.54, 1.807) is 37.5 Å². The lowest BCUT2D eigenvalue weighted by Crippen LogP contribution is -2.38. The van der Waals surface area contributed by atoms with E-state index in [-0.39, 0.29) is 18.2 Å². The van der Waals surface area contributed by atoms with Crippen molar-refractivity contribution >= 4 is 17.8 Å². The number of fused-ring (bicyclic) bond motifs is 1. The maximum Gasteiger partial charge on any atom is 0.307 e. The first-order valence-corrected chi connectivity index (χ1v) is 5.79. The summed E-state index contributed by atoms with van der Waals surface area (Å²) in [7, 11) is 1.56. The minimum atomic E-state index is -1.09. The molecule has 0 N–H and O–H groups in total. The molecule has 1 fully saturated rings. The van der Waals surface area contributed by atoms with Gasteiger partial charge in [-0.25, -0.2) is 0 Å². The van der Waals surface area contributed by atoms with Gasteiger partial charge in [0.05, 0.1) is 13.5 Å². The van der Waals surface area contributed by atoms with E-state index in [1.165, 1.54) is 0 Å². The quantitative estimate of drug-likeness (QED) is 0.709. The Morgan fingerprint density at radius 3 is 2.83 bits per heavy atom. The second-order valence-electron chi connectivity index (χ2n) is 4.45. The van der Waals surface area contributed by atoms with Crippen molar-refractivity contribution in [1.29, 1.82) is 0 Å². The molecule has 1 saturated heterocycles. The minimum Gasteiger partial charge on any atom is -0.496 e. The van der Waals surface area contributed by atoms with Gasteiger partial charge in [0.25, 0.3) is 0 Å². The van der Waals surface area contributed by atoms with E-state index >= 15 is 0 Å². The van der Waals surface area contributed by atoms with Crippen molar-refractivity contribution in [3.05, 3.63) is 35.4 Å². The molecule has 3 rings (SSSR count). The van der Waals surface area contributed by atoms with Crippen LogP contribution in [0.15, 0.2) is 24.3 Å². The van der Waals surface area contributed by atoms with Crippen LogP contribution in [0.4, 0.5) is 0 Å². The van der Waals surface area contributed by atoms with Gasteiger partial charge in [0, 0.05) is 17.5 Å². The van der Waals surface area contributed by atoms with Crippen molar-refractivity contribution in [2.75, 3.05) is 7.11 Å². The minimum absolute atomic E-state index is 0.162. The first-order valence-electron chi connectivity index (χ1n) is 5.79. The zero-order valence-electron chi connectivity index (χ0n) is 9.93. The van der Waals surface area contributed by atoms with Crippen LogP contribution in [0.5, 0.6) is 5.75 Å². The molecule has 1 atom stereocenters. The third-order valence-corrected chi connectivity index (χ3v) is 3.43. The lowest BCUT2D eigenvalue weighted by atomic mass is 9.82. The third kappa shape index (κ3) is 1.38. The normalized spacial score (nSPS) is 25.2. The van der Waals surface area contributed by atoms with Crippen LogP contribution < -0.4 is 4.74 Å². The summed E-state index contributed by atoms with van der Waals surface area (Å²) in [6.45, 7) is 0. The van der Waals surface area contributed by atoms with E-state index in [9.17, 15) is 9.59 Å². The first-order chi connectivity index (χ1) is 8.66. The van der Waals surface area contributed by atoms with E-state index in [1.807, 2.05) is 0 Å². The number of benzene rings is 1. The molecule has 4 nitrogen and oxygen atoms in total. The number of hydrogen-bond acceptors (Lipinski definition) is 4. The standard InChI is InChI=1S/C14H12O4/c1-17-11-4-2-3-10-9(11)5-7-14(13(10)16)8-6-12(15)18-14/h2-5,7H,6,8H2,1H3/t14-/m0/s1. The fourth-order valence-corrected chi connectivity index (χ4v) is 2.48. The van der Waals surface area contributed by atoms with Crippen LogP contribution >= 0.6 is 0 Å². The first kappa shape index (κ1) is 11.0. The van der Waals surface area contributed by atoms with E-state index in [2.05, 4.69) is 0 Å². The van der Waals surface area contributed by atoms with E-state index in [0.717, 1.165) is 5.56 Å². The SMILES string of the molecule is COc1cccc2c1C=C[C@]1(CCC(=O)O1)C2=O. The Labute approximate surface area is 104 Å². The van der Waals surface area contributed by atoms with Crippen molar-refractivity contribution in [1.82, 2.24) is 0 Å². The highest BCUT2D eigenvalue weighted by molar-refractivity contribution is 6.11. The van der Waals surface area contributed by atoms with E-state index in [4.69, 9.17) is 9.47 Å². The van der Waals surface area contributed by atoms with Crippen LogP contribution in [-0.2, 0) is 9.53 Å². The summed E-state index contributed by atoms with van der Waals surface area (Å²) in [5.41, 5.74) is 0.210. The highest BCUT2D eigenvalue weighted by Gasteiger charge is 2.47. The van der Waals surface area contributed by atoms with Gasteiger partial charge in [-0.1, -0.05) is 18.2 Å². The summed E-state index contributed by atoms with van der Waals surface area (Å²) in [4.78, 5) is 23.7. The molecule has 4 heteroatoms. The average Bonchev–Trinajstić information content (AvgIpc) is 2.76. The molecule has 0 unspecified atom stereocenters. The van der Waals surface area contributed by atoms with Gasteiger partial charge in [-0.15, -0.1) is 0 Å².